The number of nitrogens with zero attached hydrogens (tertiary/aromatic N) is 2. The van der Waals surface area contributed by atoms with Gasteiger partial charge in [-0.3, -0.25) is 0 Å². The SMILES string of the molecule is CCNC(=NCc1sccc1C)NCCc1ccc(Cl)nc1.I. The Bertz CT molecular complexity index is 613. The highest BCUT2D eigenvalue weighted by Crippen LogP contribution is 2.16. The van der Waals surface area contributed by atoms with E-state index in [1.54, 1.807) is 11.3 Å². The molecule has 0 spiro atoms. The number of pyridine rings is 1. The predicted octanol–water partition coefficient (Wildman–Crippen LogP) is 4.02. The number of guanidine groups is 1. The van der Waals surface area contributed by atoms with Crippen molar-refractivity contribution in [2.24, 2.45) is 4.99 Å². The molecule has 0 saturated carbocycles. The van der Waals surface area contributed by atoms with Gasteiger partial charge in [-0.25, -0.2) is 9.98 Å². The lowest BCUT2D eigenvalue weighted by Gasteiger charge is -2.11. The molecule has 0 unspecified atom stereocenters. The van der Waals surface area contributed by atoms with Gasteiger partial charge in [0.2, 0.25) is 0 Å². The molecule has 23 heavy (non-hydrogen) atoms. The molecule has 0 radical (unpaired) electrons. The third kappa shape index (κ3) is 7.05. The Morgan fingerprint density at radius 1 is 1.30 bits per heavy atom. The van der Waals surface area contributed by atoms with Crippen molar-refractivity contribution in [1.82, 2.24) is 15.6 Å². The summed E-state index contributed by atoms with van der Waals surface area (Å²) in [5.74, 6) is 0.845. The summed E-state index contributed by atoms with van der Waals surface area (Å²) in [6, 6.07) is 5.94. The molecule has 0 atom stereocenters. The van der Waals surface area contributed by atoms with Crippen molar-refractivity contribution >= 4 is 52.9 Å². The summed E-state index contributed by atoms with van der Waals surface area (Å²) in [5.41, 5.74) is 2.46. The molecule has 0 saturated heterocycles. The molecule has 2 N–H and O–H groups in total. The van der Waals surface area contributed by atoms with E-state index in [0.717, 1.165) is 31.0 Å². The summed E-state index contributed by atoms with van der Waals surface area (Å²) >= 11 is 7.53. The Morgan fingerprint density at radius 2 is 2.13 bits per heavy atom. The van der Waals surface area contributed by atoms with Gasteiger partial charge >= 0.3 is 0 Å². The molecule has 126 valence electrons. The van der Waals surface area contributed by atoms with Gasteiger partial charge in [-0.2, -0.15) is 0 Å². The third-order valence-electron chi connectivity index (χ3n) is 3.19. The van der Waals surface area contributed by atoms with Gasteiger partial charge < -0.3 is 10.6 Å². The number of halogens is 2. The van der Waals surface area contributed by atoms with Crippen molar-refractivity contribution in [3.8, 4) is 0 Å². The molecule has 2 rings (SSSR count). The molecule has 2 aromatic rings. The summed E-state index contributed by atoms with van der Waals surface area (Å²) in [6.07, 6.45) is 2.69. The fourth-order valence-electron chi connectivity index (χ4n) is 1.94. The number of aromatic nitrogens is 1. The van der Waals surface area contributed by atoms with Crippen LogP contribution in [0.1, 0.15) is 22.9 Å². The first-order valence-electron chi connectivity index (χ1n) is 7.34. The number of nitrogens with one attached hydrogen (secondary N) is 2. The molecular formula is C16H22ClIN4S. The Balaban J connectivity index is 0.00000264. The largest absolute Gasteiger partial charge is 0.357 e. The van der Waals surface area contributed by atoms with Crippen LogP contribution in [-0.4, -0.2) is 24.0 Å². The summed E-state index contributed by atoms with van der Waals surface area (Å²) < 4.78 is 0. The first kappa shape index (κ1) is 20.2. The van der Waals surface area contributed by atoms with Crippen LogP contribution in [0.15, 0.2) is 34.8 Å². The van der Waals surface area contributed by atoms with Crippen LogP contribution in [-0.2, 0) is 13.0 Å². The van der Waals surface area contributed by atoms with Gasteiger partial charge in [0.1, 0.15) is 5.15 Å². The second-order valence-corrected chi connectivity index (χ2v) is 6.28. The summed E-state index contributed by atoms with van der Waals surface area (Å²) in [5, 5.41) is 9.25. The first-order chi connectivity index (χ1) is 10.7. The molecule has 0 amide bonds. The minimum Gasteiger partial charge on any atom is -0.357 e. The Morgan fingerprint density at radius 3 is 2.74 bits per heavy atom. The Hall–Kier alpha value is -0.860. The Labute approximate surface area is 163 Å². The van der Waals surface area contributed by atoms with Gasteiger partial charge in [0.05, 0.1) is 6.54 Å². The van der Waals surface area contributed by atoms with E-state index in [2.05, 4.69) is 45.9 Å². The van der Waals surface area contributed by atoms with Crippen molar-refractivity contribution in [1.29, 1.82) is 0 Å². The molecule has 0 bridgehead atoms. The average Bonchev–Trinajstić information content (AvgIpc) is 2.92. The quantitative estimate of drug-likeness (QED) is 0.294. The summed E-state index contributed by atoms with van der Waals surface area (Å²) in [7, 11) is 0. The van der Waals surface area contributed by atoms with Gasteiger partial charge in [-0.1, -0.05) is 17.7 Å². The molecule has 2 heterocycles. The van der Waals surface area contributed by atoms with Crippen LogP contribution in [0, 0.1) is 6.92 Å². The molecule has 0 aliphatic carbocycles. The third-order valence-corrected chi connectivity index (χ3v) is 4.42. The lowest BCUT2D eigenvalue weighted by molar-refractivity contribution is 0.798. The van der Waals surface area contributed by atoms with Gasteiger partial charge in [0, 0.05) is 24.2 Å². The van der Waals surface area contributed by atoms with Crippen LogP contribution in [0.25, 0.3) is 0 Å². The van der Waals surface area contributed by atoms with E-state index in [-0.39, 0.29) is 24.0 Å². The standard InChI is InChI=1S/C16H21ClN4S.HI/c1-3-18-16(21-11-14-12(2)7-9-22-14)19-8-6-13-4-5-15(17)20-10-13;/h4-5,7,9-10H,3,6,8,11H2,1-2H3,(H2,18,19,21);1H. The van der Waals surface area contributed by atoms with Crippen molar-refractivity contribution < 1.29 is 0 Å². The van der Waals surface area contributed by atoms with Crippen molar-refractivity contribution in [3.63, 3.8) is 0 Å². The number of aliphatic imine (C=N–C) groups is 1. The molecular weight excluding hydrogens is 443 g/mol. The van der Waals surface area contributed by atoms with E-state index in [1.165, 1.54) is 10.4 Å². The minimum absolute atomic E-state index is 0. The van der Waals surface area contributed by atoms with Gasteiger partial charge in [-0.15, -0.1) is 35.3 Å². The highest BCUT2D eigenvalue weighted by Gasteiger charge is 2.01. The number of thiophene rings is 1. The van der Waals surface area contributed by atoms with Crippen molar-refractivity contribution in [2.45, 2.75) is 26.8 Å². The fourth-order valence-corrected chi connectivity index (χ4v) is 2.88. The minimum atomic E-state index is 0. The maximum Gasteiger partial charge on any atom is 0.191 e. The lowest BCUT2D eigenvalue weighted by Crippen LogP contribution is -2.38. The molecule has 0 aromatic carbocycles. The van der Waals surface area contributed by atoms with Crippen LogP contribution in [0.3, 0.4) is 0 Å². The normalized spacial score (nSPS) is 11.0. The van der Waals surface area contributed by atoms with Crippen LogP contribution < -0.4 is 10.6 Å². The molecule has 0 aliphatic rings. The van der Waals surface area contributed by atoms with Crippen molar-refractivity contribution in [2.75, 3.05) is 13.1 Å². The van der Waals surface area contributed by atoms with Crippen LogP contribution in [0.4, 0.5) is 0 Å². The van der Waals surface area contributed by atoms with Gasteiger partial charge in [0.25, 0.3) is 0 Å². The summed E-state index contributed by atoms with van der Waals surface area (Å²) in [4.78, 5) is 10.0. The van der Waals surface area contributed by atoms with Crippen LogP contribution in [0.2, 0.25) is 5.15 Å². The predicted molar refractivity (Wildman–Crippen MR) is 110 cm³/mol. The maximum absolute atomic E-state index is 5.79. The molecule has 7 heteroatoms. The molecule has 0 aliphatic heterocycles. The number of rotatable bonds is 6. The van der Waals surface area contributed by atoms with E-state index in [4.69, 9.17) is 11.6 Å². The fraction of sp³-hybridized carbons (Fsp3) is 0.375. The van der Waals surface area contributed by atoms with E-state index < -0.39 is 0 Å². The monoisotopic (exact) mass is 464 g/mol. The topological polar surface area (TPSA) is 49.3 Å². The molecule has 4 nitrogen and oxygen atoms in total. The summed E-state index contributed by atoms with van der Waals surface area (Å²) in [6.45, 7) is 6.55. The molecule has 2 aromatic heterocycles. The van der Waals surface area contributed by atoms with Crippen LogP contribution in [0.5, 0.6) is 0 Å². The zero-order valence-corrected chi connectivity index (χ0v) is 17.2. The Kier molecular flexibility index (Phi) is 9.50. The van der Waals surface area contributed by atoms with Crippen molar-refractivity contribution in [3.05, 3.63) is 50.9 Å². The second kappa shape index (κ2) is 10.8. The zero-order valence-electron chi connectivity index (χ0n) is 13.3. The number of aryl methyl sites for hydroxylation is 1. The average molecular weight is 465 g/mol. The van der Waals surface area contributed by atoms with E-state index in [1.807, 2.05) is 18.3 Å². The lowest BCUT2D eigenvalue weighted by atomic mass is 10.2. The highest BCUT2D eigenvalue weighted by atomic mass is 127. The van der Waals surface area contributed by atoms with E-state index in [0.29, 0.717) is 11.7 Å². The molecule has 0 fully saturated rings. The van der Waals surface area contributed by atoms with E-state index >= 15 is 0 Å². The van der Waals surface area contributed by atoms with E-state index in [9.17, 15) is 0 Å². The highest BCUT2D eigenvalue weighted by molar-refractivity contribution is 14.0. The maximum atomic E-state index is 5.79. The number of hydrogen-bond acceptors (Lipinski definition) is 3. The number of hydrogen-bond donors (Lipinski definition) is 2. The van der Waals surface area contributed by atoms with Gasteiger partial charge in [0.15, 0.2) is 5.96 Å². The van der Waals surface area contributed by atoms with Crippen LogP contribution >= 0.6 is 46.9 Å². The van der Waals surface area contributed by atoms with Gasteiger partial charge in [-0.05, 0) is 48.9 Å². The smallest absolute Gasteiger partial charge is 0.191 e. The zero-order chi connectivity index (χ0) is 15.8. The first-order valence-corrected chi connectivity index (χ1v) is 8.60. The second-order valence-electron chi connectivity index (χ2n) is 4.89.